The number of nitrogens with zero attached hydrogens (tertiary/aromatic N) is 5. The minimum Gasteiger partial charge on any atom is -0.644 e. The van der Waals surface area contributed by atoms with Crippen molar-refractivity contribution in [1.82, 2.24) is 19.9 Å². The summed E-state index contributed by atoms with van der Waals surface area (Å²) in [6.07, 6.45) is 0. The van der Waals surface area contributed by atoms with Gasteiger partial charge in [-0.25, -0.2) is 0 Å². The monoisotopic (exact) mass is 779 g/mol. The summed E-state index contributed by atoms with van der Waals surface area (Å²) in [5, 5.41) is 0.194. The molecule has 0 fully saturated rings. The summed E-state index contributed by atoms with van der Waals surface area (Å²) in [5.74, 6) is 2.05. The van der Waals surface area contributed by atoms with E-state index in [1.165, 1.54) is 38.9 Å². The molecule has 0 N–H and O–H groups in total. The smallest absolute Gasteiger partial charge is 0.644 e. The van der Waals surface area contributed by atoms with E-state index < -0.39 is 0 Å². The molecule has 3 aromatic carbocycles. The van der Waals surface area contributed by atoms with Crippen molar-refractivity contribution >= 4 is 28.9 Å². The third kappa shape index (κ3) is 7.21. The summed E-state index contributed by atoms with van der Waals surface area (Å²) < 4.78 is 0. The van der Waals surface area contributed by atoms with Crippen molar-refractivity contribution in [3.63, 3.8) is 0 Å². The van der Waals surface area contributed by atoms with Crippen LogP contribution >= 0.6 is 23.2 Å². The van der Waals surface area contributed by atoms with Crippen LogP contribution in [0.2, 0.25) is 0 Å². The maximum atomic E-state index is 5.46. The maximum absolute atomic E-state index is 5.46. The minimum atomic E-state index is 0. The third-order valence-electron chi connectivity index (χ3n) is 9.77. The van der Waals surface area contributed by atoms with Gasteiger partial charge in [-0.1, -0.05) is 22.8 Å². The van der Waals surface area contributed by atoms with Crippen LogP contribution in [0.25, 0.3) is 33.9 Å². The van der Waals surface area contributed by atoms with Crippen molar-refractivity contribution in [2.45, 2.75) is 41.5 Å². The van der Waals surface area contributed by atoms with Crippen LogP contribution in [0.4, 0.5) is 5.69 Å². The fourth-order valence-electron chi connectivity index (χ4n) is 7.74. The van der Waals surface area contributed by atoms with Gasteiger partial charge in [-0.2, -0.15) is 0 Å². The summed E-state index contributed by atoms with van der Waals surface area (Å²) in [6, 6.07) is 32.5. The topological polar surface area (TPSA) is 59.6 Å². The van der Waals surface area contributed by atoms with Crippen LogP contribution in [0.1, 0.15) is 67.3 Å². The molecule has 0 saturated heterocycles. The number of halogens is 2. The van der Waals surface area contributed by atoms with E-state index in [0.29, 0.717) is 0 Å². The molecule has 7 aromatic rings. The first-order valence-electron chi connectivity index (χ1n) is 17.4. The largest absolute Gasteiger partial charge is 2.00 e. The van der Waals surface area contributed by atoms with Gasteiger partial charge in [0.25, 0.3) is 0 Å². The van der Waals surface area contributed by atoms with Crippen LogP contribution in [0.15, 0.2) is 91.0 Å². The average molecular weight is 781 g/mol. The normalized spacial score (nSPS) is 11.8. The second-order valence-corrected chi connectivity index (χ2v) is 14.7. The number of anilines is 1. The maximum Gasteiger partial charge on any atom is 2.00 e. The minimum absolute atomic E-state index is 0. The number of fused-ring (bicyclic) bond motifs is 10. The molecule has 4 aromatic heterocycles. The zero-order valence-electron chi connectivity index (χ0n) is 31.2. The van der Waals surface area contributed by atoms with Crippen molar-refractivity contribution in [1.29, 1.82) is 0 Å². The first kappa shape index (κ1) is 38.1. The fraction of sp³-hybridized carbons (Fsp3) is 0.200. The van der Waals surface area contributed by atoms with E-state index in [0.717, 1.165) is 79.8 Å². The number of aromatic nitrogens is 4. The molecule has 0 unspecified atom stereocenters. The molecule has 1 aliphatic heterocycles. The number of hydrogen-bond donors (Lipinski definition) is 0. The van der Waals surface area contributed by atoms with Gasteiger partial charge in [0, 0.05) is 65.0 Å². The van der Waals surface area contributed by atoms with Gasteiger partial charge in [-0.3, -0.25) is 0 Å². The Labute approximate surface area is 333 Å². The van der Waals surface area contributed by atoms with Gasteiger partial charge >= 0.3 is 16.5 Å². The summed E-state index contributed by atoms with van der Waals surface area (Å²) in [5.41, 5.74) is 19.8. The van der Waals surface area contributed by atoms with Crippen LogP contribution in [0.5, 0.6) is 0 Å². The van der Waals surface area contributed by atoms with E-state index in [1.807, 2.05) is 0 Å². The molecule has 1 aliphatic rings. The van der Waals surface area contributed by atoms with Crippen molar-refractivity contribution in [2.75, 3.05) is 24.3 Å². The number of hydrogen-bond acceptors (Lipinski definition) is 1. The second kappa shape index (κ2) is 15.4. The number of rotatable bonds is 4. The summed E-state index contributed by atoms with van der Waals surface area (Å²) >= 11 is 9.53. The molecule has 0 amide bonds. The third-order valence-corrected chi connectivity index (χ3v) is 9.77. The van der Waals surface area contributed by atoms with Crippen LogP contribution in [-0.2, 0) is 16.5 Å². The average Bonchev–Trinajstić information content (AvgIpc) is 3.91. The van der Waals surface area contributed by atoms with E-state index >= 15 is 0 Å². The standard InChI is InChI=1S/C44H39N5.CH2Cl2.Ni/c1-24-19-26(3)40(27(4)20-24)42-36-16-13-33(45-36)34-14-18-38(46-34)43(41-28(5)21-25(2)22-29(41)6)44-32(30-9-11-31(12-10-30)49(7)8)23-39(48-44)35-15-17-37(42)47-35;2-1-3;/h9-23H,1-8H3;1H2;/q-2;;+2. The van der Waals surface area contributed by atoms with Crippen molar-refractivity contribution in [3.05, 3.63) is 170 Å². The van der Waals surface area contributed by atoms with E-state index in [9.17, 15) is 0 Å². The second-order valence-electron chi connectivity index (χ2n) is 13.9. The van der Waals surface area contributed by atoms with E-state index in [2.05, 4.69) is 152 Å². The molecule has 8 bridgehead atoms. The van der Waals surface area contributed by atoms with E-state index in [4.69, 9.17) is 43.1 Å². The molecule has 270 valence electrons. The fourth-order valence-corrected chi connectivity index (χ4v) is 7.74. The Bertz CT molecular complexity index is 2330. The molecular weight excluding hydrogens is 740 g/mol. The molecule has 5 heterocycles. The molecule has 5 nitrogen and oxygen atoms in total. The SMILES string of the molecule is Cc1cc(C)c([C+]2c3ccc([n-]3)-c3ccc([n-]3)[C+](c3c(C)cc(C)cc3C)c3[n-]c(cc3-c3ccc(N(C)C)cc3)-c3ccc2[n-]3)c(C)c1.ClCCl.[Ni+2]. The van der Waals surface area contributed by atoms with Crippen molar-refractivity contribution < 1.29 is 16.5 Å². The summed E-state index contributed by atoms with van der Waals surface area (Å²) in [7, 11) is 4.13. The van der Waals surface area contributed by atoms with E-state index in [1.54, 1.807) is 0 Å². The first-order valence-corrected chi connectivity index (χ1v) is 18.5. The predicted octanol–water partition coefficient (Wildman–Crippen LogP) is 10.2. The van der Waals surface area contributed by atoms with Crippen LogP contribution < -0.4 is 24.8 Å². The first-order chi connectivity index (χ1) is 25.0. The Kier molecular flexibility index (Phi) is 11.1. The van der Waals surface area contributed by atoms with Gasteiger partial charge in [0.05, 0.1) is 16.5 Å². The number of aryl methyl sites for hydroxylation is 6. The molecule has 0 radical (unpaired) electrons. The van der Waals surface area contributed by atoms with E-state index in [-0.39, 0.29) is 21.8 Å². The van der Waals surface area contributed by atoms with Crippen molar-refractivity contribution in [2.24, 2.45) is 0 Å². The zero-order chi connectivity index (χ0) is 36.8. The van der Waals surface area contributed by atoms with Gasteiger partial charge in [-0.05, 0) is 144 Å². The molecule has 8 heteroatoms. The Morgan fingerprint density at radius 1 is 0.509 bits per heavy atom. The zero-order valence-corrected chi connectivity index (χ0v) is 33.7. The summed E-state index contributed by atoms with van der Waals surface area (Å²) in [6.45, 7) is 13.0. The number of benzene rings is 3. The summed E-state index contributed by atoms with van der Waals surface area (Å²) in [4.78, 5) is 23.4. The van der Waals surface area contributed by atoms with Crippen LogP contribution in [0, 0.1) is 53.4 Å². The Balaban J connectivity index is 0.00000116. The Hall–Kier alpha value is -4.61. The Morgan fingerprint density at radius 3 is 1.34 bits per heavy atom. The van der Waals surface area contributed by atoms with Crippen molar-refractivity contribution in [3.8, 4) is 33.9 Å². The molecule has 0 saturated carbocycles. The molecule has 0 atom stereocenters. The van der Waals surface area contributed by atoms with Gasteiger partial charge in [-0.15, -0.1) is 46.0 Å². The molecule has 53 heavy (non-hydrogen) atoms. The van der Waals surface area contributed by atoms with Gasteiger partial charge in [0.2, 0.25) is 0 Å². The van der Waals surface area contributed by atoms with Gasteiger partial charge in [0.1, 0.15) is 0 Å². The molecule has 8 rings (SSSR count). The molecule has 0 aliphatic carbocycles. The predicted molar refractivity (Wildman–Crippen MR) is 216 cm³/mol. The van der Waals surface area contributed by atoms with Crippen LogP contribution in [0.3, 0.4) is 0 Å². The quantitative estimate of drug-likeness (QED) is 0.101. The van der Waals surface area contributed by atoms with Gasteiger partial charge < -0.3 is 24.8 Å². The Morgan fingerprint density at radius 2 is 0.906 bits per heavy atom. The van der Waals surface area contributed by atoms with Crippen LogP contribution in [-0.4, -0.2) is 19.4 Å². The molecular formula is C45H41Cl2N5Ni. The number of alkyl halides is 2. The molecule has 0 spiro atoms. The van der Waals surface area contributed by atoms with Gasteiger partial charge in [0.15, 0.2) is 0 Å².